The summed E-state index contributed by atoms with van der Waals surface area (Å²) in [7, 11) is 0. The van der Waals surface area contributed by atoms with Crippen LogP contribution in [0.5, 0.6) is 0 Å². The molecule has 4 fully saturated rings. The number of rotatable bonds is 2. The number of aliphatic hydroxyl groups is 4. The summed E-state index contributed by atoms with van der Waals surface area (Å²) in [5, 5.41) is 42.6. The molecule has 0 aromatic carbocycles. The zero-order valence-electron chi connectivity index (χ0n) is 22.3. The van der Waals surface area contributed by atoms with Crippen molar-refractivity contribution in [3.05, 3.63) is 11.6 Å². The van der Waals surface area contributed by atoms with Crippen LogP contribution in [-0.4, -0.2) is 45.8 Å². The standard InChI is InChI=1S/C30H50O4/c1-26-13-10-23-28(3,15-12-25(34)30(23,5)18-32)21(26)9-7-20-19(16-26)6-8-22-27(20,2)14-11-24(33)29(22,4)17-31/h6,20-25,31-34H,7-18H2,1-5H3/t20-,21-,22+,23+,24-,25-,26-,27+,28+,29+,30+/m0/s1. The van der Waals surface area contributed by atoms with E-state index in [0.29, 0.717) is 23.7 Å². The van der Waals surface area contributed by atoms with Crippen LogP contribution < -0.4 is 0 Å². The Morgan fingerprint density at radius 3 is 1.91 bits per heavy atom. The zero-order valence-corrected chi connectivity index (χ0v) is 22.3. The molecule has 0 aromatic heterocycles. The smallest absolute Gasteiger partial charge is 0.0618 e. The Hall–Kier alpha value is -0.420. The fourth-order valence-electron chi connectivity index (χ4n) is 11.0. The van der Waals surface area contributed by atoms with Gasteiger partial charge in [0.1, 0.15) is 0 Å². The van der Waals surface area contributed by atoms with Crippen LogP contribution in [0.1, 0.15) is 98.8 Å². The van der Waals surface area contributed by atoms with Crippen molar-refractivity contribution in [1.82, 2.24) is 0 Å². The van der Waals surface area contributed by atoms with E-state index in [0.717, 1.165) is 38.5 Å². The summed E-state index contributed by atoms with van der Waals surface area (Å²) in [6.45, 7) is 11.9. The van der Waals surface area contributed by atoms with Gasteiger partial charge < -0.3 is 20.4 Å². The first-order valence-electron chi connectivity index (χ1n) is 14.2. The van der Waals surface area contributed by atoms with Crippen LogP contribution in [-0.2, 0) is 0 Å². The highest BCUT2D eigenvalue weighted by molar-refractivity contribution is 5.25. The van der Waals surface area contributed by atoms with Gasteiger partial charge in [0.05, 0.1) is 25.4 Å². The van der Waals surface area contributed by atoms with Crippen molar-refractivity contribution in [2.75, 3.05) is 13.2 Å². The van der Waals surface area contributed by atoms with E-state index in [9.17, 15) is 20.4 Å². The highest BCUT2D eigenvalue weighted by atomic mass is 16.3. The summed E-state index contributed by atoms with van der Waals surface area (Å²) in [5.41, 5.74) is 1.39. The van der Waals surface area contributed by atoms with E-state index < -0.39 is 23.0 Å². The van der Waals surface area contributed by atoms with E-state index in [1.54, 1.807) is 5.57 Å². The summed E-state index contributed by atoms with van der Waals surface area (Å²) in [4.78, 5) is 0. The Morgan fingerprint density at radius 1 is 0.706 bits per heavy atom. The Morgan fingerprint density at radius 2 is 1.29 bits per heavy atom. The largest absolute Gasteiger partial charge is 0.396 e. The van der Waals surface area contributed by atoms with Crippen LogP contribution in [0.4, 0.5) is 0 Å². The Kier molecular flexibility index (Phi) is 5.97. The van der Waals surface area contributed by atoms with E-state index in [1.807, 2.05) is 0 Å². The van der Waals surface area contributed by atoms with Crippen molar-refractivity contribution in [2.45, 2.75) is 111 Å². The van der Waals surface area contributed by atoms with Crippen molar-refractivity contribution in [2.24, 2.45) is 50.7 Å². The van der Waals surface area contributed by atoms with Gasteiger partial charge in [0.25, 0.3) is 0 Å². The van der Waals surface area contributed by atoms with E-state index in [1.165, 1.54) is 25.7 Å². The molecule has 0 unspecified atom stereocenters. The molecular formula is C30H50O4. The van der Waals surface area contributed by atoms with Crippen molar-refractivity contribution in [3.63, 3.8) is 0 Å². The summed E-state index contributed by atoms with van der Waals surface area (Å²) in [5.74, 6) is 1.82. The molecule has 0 radical (unpaired) electrons. The lowest BCUT2D eigenvalue weighted by atomic mass is 9.42. The minimum Gasteiger partial charge on any atom is -0.396 e. The van der Waals surface area contributed by atoms with E-state index in [4.69, 9.17) is 0 Å². The summed E-state index contributed by atoms with van der Waals surface area (Å²) in [6, 6.07) is 0. The lowest BCUT2D eigenvalue weighted by Crippen LogP contribution is -2.60. The molecule has 5 aliphatic carbocycles. The molecule has 34 heavy (non-hydrogen) atoms. The fourth-order valence-corrected chi connectivity index (χ4v) is 11.0. The molecule has 0 aliphatic heterocycles. The average molecular weight is 475 g/mol. The predicted molar refractivity (Wildman–Crippen MR) is 135 cm³/mol. The van der Waals surface area contributed by atoms with Crippen molar-refractivity contribution < 1.29 is 20.4 Å². The second-order valence-corrected chi connectivity index (χ2v) is 14.6. The van der Waals surface area contributed by atoms with Crippen LogP contribution in [0.25, 0.3) is 0 Å². The molecule has 0 bridgehead atoms. The molecule has 11 atom stereocenters. The van der Waals surface area contributed by atoms with Gasteiger partial charge in [-0.05, 0) is 104 Å². The molecule has 5 rings (SSSR count). The SMILES string of the molecule is C[C@@]12CC[C@@H]3[C@](C)(CC[C@H](O)[C@]3(C)CO)[C@H]1CC[C@H]1C(=CC[C@@H]3[C@]1(C)CC[C@H](O)[C@]3(C)CO)C2. The molecule has 0 heterocycles. The Labute approximate surface area is 207 Å². The second kappa shape index (κ2) is 8.04. The topological polar surface area (TPSA) is 80.9 Å². The summed E-state index contributed by atoms with van der Waals surface area (Å²) < 4.78 is 0. The highest BCUT2D eigenvalue weighted by Crippen LogP contribution is 2.70. The normalized spacial score (nSPS) is 57.4. The molecule has 0 saturated heterocycles. The van der Waals surface area contributed by atoms with E-state index in [2.05, 4.69) is 40.7 Å². The third-order valence-electron chi connectivity index (χ3n) is 13.2. The lowest BCUT2D eigenvalue weighted by molar-refractivity contribution is -0.189. The maximum atomic E-state index is 10.9. The molecule has 0 amide bonds. The number of hydrogen-bond donors (Lipinski definition) is 4. The second-order valence-electron chi connectivity index (χ2n) is 14.6. The Bertz CT molecular complexity index is 840. The number of hydrogen-bond acceptors (Lipinski definition) is 4. The minimum absolute atomic E-state index is 0.0620. The van der Waals surface area contributed by atoms with Gasteiger partial charge in [-0.15, -0.1) is 0 Å². The van der Waals surface area contributed by atoms with Crippen LogP contribution in [0, 0.1) is 50.7 Å². The van der Waals surface area contributed by atoms with Gasteiger partial charge >= 0.3 is 0 Å². The van der Waals surface area contributed by atoms with Crippen molar-refractivity contribution in [1.29, 1.82) is 0 Å². The fraction of sp³-hybridized carbons (Fsp3) is 0.933. The van der Waals surface area contributed by atoms with Crippen LogP contribution in [0.3, 0.4) is 0 Å². The molecule has 4 nitrogen and oxygen atoms in total. The monoisotopic (exact) mass is 474 g/mol. The van der Waals surface area contributed by atoms with E-state index >= 15 is 0 Å². The van der Waals surface area contributed by atoms with Crippen LogP contribution >= 0.6 is 0 Å². The minimum atomic E-state index is -0.419. The van der Waals surface area contributed by atoms with Crippen molar-refractivity contribution in [3.8, 4) is 0 Å². The first-order chi connectivity index (χ1) is 15.9. The molecule has 194 valence electrons. The molecule has 4 heteroatoms. The van der Waals surface area contributed by atoms with E-state index in [-0.39, 0.29) is 29.5 Å². The average Bonchev–Trinajstić information content (AvgIpc) is 2.96. The van der Waals surface area contributed by atoms with Gasteiger partial charge in [-0.25, -0.2) is 0 Å². The van der Waals surface area contributed by atoms with Crippen LogP contribution in [0.15, 0.2) is 11.6 Å². The number of aliphatic hydroxyl groups excluding tert-OH is 4. The zero-order chi connectivity index (χ0) is 24.7. The molecular weight excluding hydrogens is 424 g/mol. The van der Waals surface area contributed by atoms with Gasteiger partial charge in [-0.1, -0.05) is 46.3 Å². The lowest BCUT2D eigenvalue weighted by Gasteiger charge is -2.64. The van der Waals surface area contributed by atoms with Gasteiger partial charge in [-0.2, -0.15) is 0 Å². The quantitative estimate of drug-likeness (QED) is 0.421. The summed E-state index contributed by atoms with van der Waals surface area (Å²) in [6.07, 6.45) is 12.2. The third-order valence-corrected chi connectivity index (χ3v) is 13.2. The number of fused-ring (bicyclic) bond motifs is 6. The molecule has 4 N–H and O–H groups in total. The molecule has 0 spiro atoms. The van der Waals surface area contributed by atoms with Crippen molar-refractivity contribution >= 4 is 0 Å². The maximum Gasteiger partial charge on any atom is 0.0618 e. The molecule has 4 saturated carbocycles. The molecule has 5 aliphatic rings. The van der Waals surface area contributed by atoms with Gasteiger partial charge in [0.2, 0.25) is 0 Å². The highest BCUT2D eigenvalue weighted by Gasteiger charge is 2.64. The predicted octanol–water partition coefficient (Wildman–Crippen LogP) is 5.08. The maximum absolute atomic E-state index is 10.9. The van der Waals surface area contributed by atoms with Gasteiger partial charge in [-0.3, -0.25) is 0 Å². The Balaban J connectivity index is 1.50. The first-order valence-corrected chi connectivity index (χ1v) is 14.2. The molecule has 0 aromatic rings. The third kappa shape index (κ3) is 3.17. The first kappa shape index (κ1) is 25.2. The van der Waals surface area contributed by atoms with Crippen LogP contribution in [0.2, 0.25) is 0 Å². The summed E-state index contributed by atoms with van der Waals surface area (Å²) >= 11 is 0. The van der Waals surface area contributed by atoms with Gasteiger partial charge in [0, 0.05) is 10.8 Å². The number of allylic oxidation sites excluding steroid dienone is 2. The van der Waals surface area contributed by atoms with Gasteiger partial charge in [0.15, 0.2) is 0 Å².